The fourth-order valence-electron chi connectivity index (χ4n) is 1.97. The maximum Gasteiger partial charge on any atom is 0.469 e. The molecule has 0 saturated carbocycles. The number of nitro groups is 1. The fourth-order valence-corrected chi connectivity index (χ4v) is 2.31. The van der Waals surface area contributed by atoms with Crippen molar-refractivity contribution in [2.24, 2.45) is 0 Å². The van der Waals surface area contributed by atoms with E-state index in [9.17, 15) is 24.9 Å². The van der Waals surface area contributed by atoms with E-state index in [0.29, 0.717) is 0 Å². The zero-order valence-electron chi connectivity index (χ0n) is 10.8. The Morgan fingerprint density at radius 1 is 1.50 bits per heavy atom. The number of nitrogens with zero attached hydrogens (tertiary/aromatic N) is 3. The Balaban J connectivity index is 2.16. The van der Waals surface area contributed by atoms with Gasteiger partial charge in [-0.05, 0) is 9.91 Å². The lowest BCUT2D eigenvalue weighted by Crippen LogP contribution is -2.33. The Hall–Kier alpha value is -1.60. The average molecular weight is 340 g/mol. The summed E-state index contributed by atoms with van der Waals surface area (Å²) < 4.78 is 20.9. The van der Waals surface area contributed by atoms with Crippen molar-refractivity contribution in [3.63, 3.8) is 0 Å². The SMILES string of the molecule is Nc1c([N+](=O)[O-])ncn1C1O[C@H](COP(=O)(O)O)[C@@H](O)[C@H]1O. The molecule has 1 aliphatic rings. The van der Waals surface area contributed by atoms with Crippen LogP contribution in [-0.4, -0.2) is 59.4 Å². The summed E-state index contributed by atoms with van der Waals surface area (Å²) in [5, 5.41) is 30.3. The molecular formula is C8H13N4O9P. The summed E-state index contributed by atoms with van der Waals surface area (Å²) in [4.78, 5) is 30.5. The van der Waals surface area contributed by atoms with Gasteiger partial charge >= 0.3 is 13.6 Å². The van der Waals surface area contributed by atoms with E-state index < -0.39 is 55.5 Å². The topological polar surface area (TPSA) is 203 Å². The fraction of sp³-hybridized carbons (Fsp3) is 0.625. The third kappa shape index (κ3) is 3.25. The molecule has 0 amide bonds. The Morgan fingerprint density at radius 2 is 2.14 bits per heavy atom. The Morgan fingerprint density at radius 3 is 2.64 bits per heavy atom. The third-order valence-electron chi connectivity index (χ3n) is 3.00. The molecule has 13 nitrogen and oxygen atoms in total. The molecule has 0 aliphatic carbocycles. The van der Waals surface area contributed by atoms with E-state index in [1.165, 1.54) is 0 Å². The number of nitrogen functional groups attached to an aromatic ring is 1. The largest absolute Gasteiger partial charge is 0.469 e. The molecule has 4 atom stereocenters. The van der Waals surface area contributed by atoms with Crippen molar-refractivity contribution in [3.8, 4) is 0 Å². The van der Waals surface area contributed by atoms with Gasteiger partial charge in [0.1, 0.15) is 18.3 Å². The van der Waals surface area contributed by atoms with Gasteiger partial charge < -0.3 is 40.6 Å². The van der Waals surface area contributed by atoms with Crippen LogP contribution >= 0.6 is 7.82 Å². The molecule has 1 aromatic heterocycles. The number of hydrogen-bond acceptors (Lipinski definition) is 9. The number of phosphoric acid groups is 1. The van der Waals surface area contributed by atoms with Crippen LogP contribution in [-0.2, 0) is 13.8 Å². The van der Waals surface area contributed by atoms with Gasteiger partial charge in [0.25, 0.3) is 0 Å². The van der Waals surface area contributed by atoms with Crippen LogP contribution in [0.3, 0.4) is 0 Å². The molecule has 22 heavy (non-hydrogen) atoms. The quantitative estimate of drug-likeness (QED) is 0.227. The van der Waals surface area contributed by atoms with Crippen LogP contribution in [0.5, 0.6) is 0 Å². The number of imidazole rings is 1. The van der Waals surface area contributed by atoms with Gasteiger partial charge in [0, 0.05) is 0 Å². The summed E-state index contributed by atoms with van der Waals surface area (Å²) in [5.74, 6) is -1.06. The summed E-state index contributed by atoms with van der Waals surface area (Å²) in [6.45, 7) is -0.699. The van der Waals surface area contributed by atoms with Crippen molar-refractivity contribution in [1.82, 2.24) is 9.55 Å². The van der Waals surface area contributed by atoms with Crippen molar-refractivity contribution in [1.29, 1.82) is 0 Å². The molecule has 0 bridgehead atoms. The predicted molar refractivity (Wildman–Crippen MR) is 67.2 cm³/mol. The summed E-state index contributed by atoms with van der Waals surface area (Å²) in [6, 6.07) is 0. The van der Waals surface area contributed by atoms with Crippen molar-refractivity contribution < 1.29 is 38.7 Å². The Labute approximate surface area is 122 Å². The van der Waals surface area contributed by atoms with Gasteiger partial charge in [0.2, 0.25) is 12.1 Å². The number of hydrogen-bond donors (Lipinski definition) is 5. The molecule has 2 heterocycles. The minimum absolute atomic E-state index is 0.405. The van der Waals surface area contributed by atoms with Crippen LogP contribution < -0.4 is 5.73 Å². The number of aliphatic hydroxyl groups excluding tert-OH is 2. The molecule has 6 N–H and O–H groups in total. The highest BCUT2D eigenvalue weighted by Gasteiger charge is 2.46. The second kappa shape index (κ2) is 5.89. The van der Waals surface area contributed by atoms with Crippen LogP contribution in [0.2, 0.25) is 0 Å². The highest BCUT2D eigenvalue weighted by atomic mass is 31.2. The lowest BCUT2D eigenvalue weighted by molar-refractivity contribution is -0.388. The highest BCUT2D eigenvalue weighted by molar-refractivity contribution is 7.46. The van der Waals surface area contributed by atoms with E-state index >= 15 is 0 Å². The first-order valence-corrected chi connectivity index (χ1v) is 7.33. The maximum absolute atomic E-state index is 10.7. The van der Waals surface area contributed by atoms with Crippen LogP contribution in [0.4, 0.5) is 11.6 Å². The molecule has 0 radical (unpaired) electrons. The molecule has 1 fully saturated rings. The lowest BCUT2D eigenvalue weighted by atomic mass is 10.1. The number of nitrogens with two attached hydrogens (primary N) is 1. The van der Waals surface area contributed by atoms with E-state index in [-0.39, 0.29) is 0 Å². The molecule has 1 saturated heterocycles. The zero-order chi connectivity index (χ0) is 16.7. The van der Waals surface area contributed by atoms with Gasteiger partial charge in [-0.15, -0.1) is 0 Å². The third-order valence-corrected chi connectivity index (χ3v) is 3.49. The first kappa shape index (κ1) is 16.8. The van der Waals surface area contributed by atoms with E-state index in [4.69, 9.17) is 20.3 Å². The Kier molecular flexibility index (Phi) is 4.49. The molecule has 0 aromatic carbocycles. The normalized spacial score (nSPS) is 28.9. The van der Waals surface area contributed by atoms with Crippen molar-refractivity contribution >= 4 is 19.5 Å². The van der Waals surface area contributed by atoms with Gasteiger partial charge in [0.15, 0.2) is 6.23 Å². The number of aliphatic hydroxyl groups is 2. The van der Waals surface area contributed by atoms with Crippen LogP contribution in [0.1, 0.15) is 6.23 Å². The molecule has 0 spiro atoms. The van der Waals surface area contributed by atoms with Crippen LogP contribution in [0, 0.1) is 10.1 Å². The molecule has 1 aromatic rings. The number of phosphoric ester groups is 1. The minimum Gasteiger partial charge on any atom is -0.387 e. The first-order valence-electron chi connectivity index (χ1n) is 5.80. The van der Waals surface area contributed by atoms with Gasteiger partial charge in [0.05, 0.1) is 6.61 Å². The van der Waals surface area contributed by atoms with Gasteiger partial charge in [-0.25, -0.2) is 4.57 Å². The van der Waals surface area contributed by atoms with Gasteiger partial charge in [-0.2, -0.15) is 0 Å². The summed E-state index contributed by atoms with van der Waals surface area (Å²) in [6.07, 6.45) is -4.74. The molecule has 2 rings (SSSR count). The van der Waals surface area contributed by atoms with Crippen molar-refractivity contribution in [2.45, 2.75) is 24.5 Å². The van der Waals surface area contributed by atoms with Gasteiger partial charge in [-0.1, -0.05) is 0 Å². The molecule has 14 heteroatoms. The second-order valence-corrected chi connectivity index (χ2v) is 5.69. The zero-order valence-corrected chi connectivity index (χ0v) is 11.7. The standard InChI is InChI=1S/C8H13N4O9P/c9-6-7(12(15)16)10-2-11(6)8-5(14)4(13)3(21-8)1-20-22(17,18)19/h2-5,8,13-14H,1,9H2,(H2,17,18,19)/t3-,4-,5-,8?/m1/s1. The van der Waals surface area contributed by atoms with Crippen molar-refractivity contribution in [2.75, 3.05) is 12.3 Å². The predicted octanol–water partition coefficient (Wildman–Crippen LogP) is -1.90. The summed E-state index contributed by atoms with van der Waals surface area (Å²) >= 11 is 0. The highest BCUT2D eigenvalue weighted by Crippen LogP contribution is 2.39. The minimum atomic E-state index is -4.78. The van der Waals surface area contributed by atoms with E-state index in [1.54, 1.807) is 0 Å². The summed E-state index contributed by atoms with van der Waals surface area (Å²) in [7, 11) is -4.78. The second-order valence-electron chi connectivity index (χ2n) is 4.45. The lowest BCUT2D eigenvalue weighted by Gasteiger charge is -2.16. The molecule has 1 unspecified atom stereocenters. The van der Waals surface area contributed by atoms with Crippen molar-refractivity contribution in [3.05, 3.63) is 16.4 Å². The maximum atomic E-state index is 10.7. The monoisotopic (exact) mass is 340 g/mol. The molecule has 124 valence electrons. The molecule has 1 aliphatic heterocycles. The van der Waals surface area contributed by atoms with E-state index in [2.05, 4.69) is 9.51 Å². The molecular weight excluding hydrogens is 327 g/mol. The van der Waals surface area contributed by atoms with E-state index in [1.807, 2.05) is 0 Å². The number of ether oxygens (including phenoxy) is 1. The van der Waals surface area contributed by atoms with Crippen LogP contribution in [0.15, 0.2) is 6.33 Å². The number of aromatic nitrogens is 2. The smallest absolute Gasteiger partial charge is 0.387 e. The average Bonchev–Trinajstić information content (AvgIpc) is 2.90. The van der Waals surface area contributed by atoms with E-state index in [0.717, 1.165) is 10.9 Å². The number of anilines is 1. The summed E-state index contributed by atoms with van der Waals surface area (Å²) in [5.41, 5.74) is 5.51. The Bertz CT molecular complexity index is 615. The first-order chi connectivity index (χ1) is 10.1. The van der Waals surface area contributed by atoms with Gasteiger partial charge in [-0.3, -0.25) is 9.09 Å². The number of rotatable bonds is 5. The van der Waals surface area contributed by atoms with Crippen LogP contribution in [0.25, 0.3) is 0 Å².